The molecule has 0 aromatic heterocycles. The van der Waals surface area contributed by atoms with Crippen LogP contribution in [0.4, 0.5) is 18.0 Å². The van der Waals surface area contributed by atoms with E-state index in [1.165, 1.54) is 0 Å². The highest BCUT2D eigenvalue weighted by Crippen LogP contribution is 2.31. The van der Waals surface area contributed by atoms with Gasteiger partial charge in [0.1, 0.15) is 6.04 Å². The molecular formula is C12H20F3NO4S2. The lowest BCUT2D eigenvalue weighted by Gasteiger charge is -2.29. The summed E-state index contributed by atoms with van der Waals surface area (Å²) in [6.45, 7) is 4.72. The average molecular weight is 363 g/mol. The lowest BCUT2D eigenvalue weighted by molar-refractivity contribution is -0.171. The maximum Gasteiger partial charge on any atom is 0.408 e. The molecule has 0 saturated carbocycles. The Bertz CT molecular complexity index is 363. The molecule has 0 aromatic carbocycles. The van der Waals surface area contributed by atoms with E-state index in [0.717, 1.165) is 6.92 Å². The van der Waals surface area contributed by atoms with Crippen molar-refractivity contribution in [3.05, 3.63) is 0 Å². The van der Waals surface area contributed by atoms with Crippen LogP contribution in [0.15, 0.2) is 0 Å². The van der Waals surface area contributed by atoms with Crippen LogP contribution in [0.5, 0.6) is 0 Å². The van der Waals surface area contributed by atoms with E-state index in [9.17, 15) is 22.8 Å². The topological polar surface area (TPSA) is 64.6 Å². The Morgan fingerprint density at radius 3 is 2.05 bits per heavy atom. The summed E-state index contributed by atoms with van der Waals surface area (Å²) in [4.78, 5) is 22.1. The van der Waals surface area contributed by atoms with E-state index in [4.69, 9.17) is 9.47 Å². The summed E-state index contributed by atoms with van der Waals surface area (Å²) >= 11 is 4.16. The fraction of sp³-hybridized carbons (Fsp3) is 0.833. The molecule has 0 rings (SSSR count). The Hall–Kier alpha value is -0.450. The van der Waals surface area contributed by atoms with Gasteiger partial charge >= 0.3 is 6.18 Å². The first-order valence-corrected chi connectivity index (χ1v) is 7.91. The molecule has 0 spiro atoms. The number of nitrogens with one attached hydrogen (secondary N) is 1. The van der Waals surface area contributed by atoms with Crippen LogP contribution in [-0.2, 0) is 14.3 Å². The molecule has 0 aliphatic carbocycles. The van der Waals surface area contributed by atoms with Crippen LogP contribution < -0.4 is 5.32 Å². The van der Waals surface area contributed by atoms with Gasteiger partial charge in [0.25, 0.3) is 0 Å². The molecule has 0 aliphatic heterocycles. The van der Waals surface area contributed by atoms with Crippen molar-refractivity contribution in [2.75, 3.05) is 13.2 Å². The van der Waals surface area contributed by atoms with Crippen LogP contribution in [0, 0.1) is 0 Å². The van der Waals surface area contributed by atoms with Gasteiger partial charge in [-0.05, 0) is 20.3 Å². The van der Waals surface area contributed by atoms with Crippen LogP contribution in [0.3, 0.4) is 0 Å². The van der Waals surface area contributed by atoms with E-state index in [2.05, 4.69) is 12.6 Å². The minimum Gasteiger partial charge on any atom is -0.352 e. The first-order valence-electron chi connectivity index (χ1n) is 6.58. The molecule has 0 aliphatic rings. The largest absolute Gasteiger partial charge is 0.408 e. The Labute approximate surface area is 137 Å². The van der Waals surface area contributed by atoms with Crippen molar-refractivity contribution in [3.63, 3.8) is 0 Å². The molecule has 0 saturated heterocycles. The fourth-order valence-electron chi connectivity index (χ4n) is 1.69. The summed E-state index contributed by atoms with van der Waals surface area (Å²) in [6, 6.07) is -2.10. The van der Waals surface area contributed by atoms with Crippen LogP contribution in [0.25, 0.3) is 0 Å². The van der Waals surface area contributed by atoms with Gasteiger partial charge in [0.05, 0.1) is 5.25 Å². The van der Waals surface area contributed by atoms with Gasteiger partial charge in [-0.1, -0.05) is 24.4 Å². The van der Waals surface area contributed by atoms with Crippen molar-refractivity contribution < 1.29 is 32.2 Å². The monoisotopic (exact) mass is 363 g/mol. The molecule has 0 aromatic rings. The highest BCUT2D eigenvalue weighted by Gasteiger charge is 2.43. The van der Waals surface area contributed by atoms with Gasteiger partial charge in [-0.3, -0.25) is 9.59 Å². The molecule has 0 heterocycles. The lowest BCUT2D eigenvalue weighted by atomic mass is 10.1. The summed E-state index contributed by atoms with van der Waals surface area (Å²) in [5.74, 6) is -0.812. The summed E-state index contributed by atoms with van der Waals surface area (Å²) in [6.07, 6.45) is -6.22. The summed E-state index contributed by atoms with van der Waals surface area (Å²) < 4.78 is 48.9. The van der Waals surface area contributed by atoms with Crippen molar-refractivity contribution >= 4 is 34.7 Å². The smallest absolute Gasteiger partial charge is 0.352 e. The molecule has 1 N–H and O–H groups in total. The summed E-state index contributed by atoms with van der Waals surface area (Å²) in [5.41, 5.74) is 0. The molecule has 1 amide bonds. The molecule has 2 unspecified atom stereocenters. The Kier molecular flexibility index (Phi) is 10.1. The van der Waals surface area contributed by atoms with Gasteiger partial charge in [0.15, 0.2) is 6.29 Å². The molecule has 0 bridgehead atoms. The van der Waals surface area contributed by atoms with Crippen LogP contribution in [0.2, 0.25) is 0 Å². The third-order valence-corrected chi connectivity index (χ3v) is 3.69. The van der Waals surface area contributed by atoms with E-state index >= 15 is 0 Å². The van der Waals surface area contributed by atoms with Crippen LogP contribution in [-0.4, -0.2) is 47.3 Å². The van der Waals surface area contributed by atoms with E-state index in [1.54, 1.807) is 13.8 Å². The number of rotatable bonds is 9. The number of thiol groups is 1. The van der Waals surface area contributed by atoms with Gasteiger partial charge in [-0.25, -0.2) is 0 Å². The number of hydrogen-bond donors (Lipinski definition) is 2. The molecule has 2 atom stereocenters. The van der Waals surface area contributed by atoms with Crippen molar-refractivity contribution in [2.45, 2.75) is 51.0 Å². The standard InChI is InChI=1S/C12H20F3NO4S2/c1-4-19-10(20-5-2)8(22-11(18)21)6-9(12(13,14)15)16-7(3)17/h8-10H,4-6H2,1-3H3,(H,16,17)(H,18,21). The second-order valence-electron chi connectivity index (χ2n) is 4.23. The van der Waals surface area contributed by atoms with Gasteiger partial charge in [0.2, 0.25) is 10.4 Å². The van der Waals surface area contributed by atoms with Gasteiger partial charge in [0, 0.05) is 20.1 Å². The number of alkyl halides is 3. The van der Waals surface area contributed by atoms with Crippen molar-refractivity contribution in [3.8, 4) is 0 Å². The maximum absolute atomic E-state index is 13.0. The number of hydrogen-bond acceptors (Lipinski definition) is 5. The van der Waals surface area contributed by atoms with Crippen LogP contribution in [0.1, 0.15) is 27.2 Å². The van der Waals surface area contributed by atoms with Crippen molar-refractivity contribution in [2.24, 2.45) is 0 Å². The quantitative estimate of drug-likeness (QED) is 0.487. The number of amides is 1. The SMILES string of the molecule is CCOC(OCC)C(CC(NC(C)=O)C(F)(F)F)SC(=O)S. The second kappa shape index (κ2) is 10.3. The number of halogens is 3. The highest BCUT2D eigenvalue weighted by molar-refractivity contribution is 8.32. The number of carbonyl (C=O) groups is 2. The van der Waals surface area contributed by atoms with Gasteiger partial charge in [-0.2, -0.15) is 13.2 Å². The first kappa shape index (κ1) is 21.6. The van der Waals surface area contributed by atoms with Crippen LogP contribution >= 0.6 is 24.4 Å². The summed E-state index contributed by atoms with van der Waals surface area (Å²) in [7, 11) is 0. The molecule has 0 fully saturated rings. The Balaban J connectivity index is 5.19. The predicted molar refractivity (Wildman–Crippen MR) is 81.1 cm³/mol. The average Bonchev–Trinajstić information content (AvgIpc) is 2.34. The van der Waals surface area contributed by atoms with E-state index in [0.29, 0.717) is 11.8 Å². The maximum atomic E-state index is 13.0. The zero-order valence-electron chi connectivity index (χ0n) is 12.5. The normalized spacial score (nSPS) is 14.7. The molecule has 5 nitrogen and oxygen atoms in total. The molecule has 130 valence electrons. The molecule has 0 radical (unpaired) electrons. The lowest BCUT2D eigenvalue weighted by Crippen LogP contribution is -2.48. The Morgan fingerprint density at radius 1 is 1.23 bits per heavy atom. The zero-order chi connectivity index (χ0) is 17.3. The predicted octanol–water partition coefficient (Wildman–Crippen LogP) is 2.99. The molecule has 10 heteroatoms. The number of carbonyl (C=O) groups excluding carboxylic acids is 2. The van der Waals surface area contributed by atoms with E-state index < -0.39 is 40.5 Å². The van der Waals surface area contributed by atoms with E-state index in [1.807, 2.05) is 5.32 Å². The van der Waals surface area contributed by atoms with Gasteiger partial charge in [-0.15, -0.1) is 0 Å². The van der Waals surface area contributed by atoms with Gasteiger partial charge < -0.3 is 14.8 Å². The fourth-order valence-corrected chi connectivity index (χ4v) is 2.91. The second-order valence-corrected chi connectivity index (χ2v) is 6.15. The highest BCUT2D eigenvalue weighted by atomic mass is 32.2. The van der Waals surface area contributed by atoms with Crippen molar-refractivity contribution in [1.82, 2.24) is 5.32 Å². The minimum atomic E-state index is -4.65. The Morgan fingerprint density at radius 2 is 1.73 bits per heavy atom. The molecule has 22 heavy (non-hydrogen) atoms. The summed E-state index contributed by atoms with van der Waals surface area (Å²) in [5, 5.41) is 0.883. The minimum absolute atomic E-state index is 0.208. The first-order chi connectivity index (χ1) is 10.1. The molecular weight excluding hydrogens is 343 g/mol. The zero-order valence-corrected chi connectivity index (χ0v) is 14.2. The van der Waals surface area contributed by atoms with E-state index in [-0.39, 0.29) is 13.2 Å². The number of ether oxygens (including phenoxy) is 2. The third kappa shape index (κ3) is 8.86. The third-order valence-electron chi connectivity index (χ3n) is 2.46. The van der Waals surface area contributed by atoms with Crippen molar-refractivity contribution in [1.29, 1.82) is 0 Å². The number of thioether (sulfide) groups is 1.